The summed E-state index contributed by atoms with van der Waals surface area (Å²) in [5.41, 5.74) is 0.674. The molecule has 2 fully saturated rings. The van der Waals surface area contributed by atoms with Gasteiger partial charge in [-0.1, -0.05) is 51.1 Å². The van der Waals surface area contributed by atoms with Crippen molar-refractivity contribution >= 4 is 26.2 Å². The number of carboxylic acid groups (broad SMARTS) is 1. The number of carbonyl (C=O) groups is 3. The second kappa shape index (κ2) is 11.4. The van der Waals surface area contributed by atoms with E-state index in [9.17, 15) is 24.6 Å². The lowest BCUT2D eigenvalue weighted by Gasteiger charge is -2.51. The number of carboxylic acids is 1. The maximum Gasteiger partial charge on any atom is 0.364 e. The Kier molecular flexibility index (Phi) is 9.06. The Labute approximate surface area is 223 Å². The van der Waals surface area contributed by atoms with Gasteiger partial charge in [0.25, 0.3) is 5.79 Å². The molecule has 7 atom stereocenters. The van der Waals surface area contributed by atoms with Crippen molar-refractivity contribution < 1.29 is 48.0 Å². The number of benzene rings is 1. The number of hydrogen-bond donors (Lipinski definition) is 3. The van der Waals surface area contributed by atoms with Crippen LogP contribution in [-0.4, -0.2) is 79.2 Å². The molecule has 12 heteroatoms. The maximum absolute atomic E-state index is 12.3. The molecule has 2 aliphatic rings. The van der Waals surface area contributed by atoms with Crippen molar-refractivity contribution in [2.75, 3.05) is 6.61 Å². The quantitative estimate of drug-likeness (QED) is 0.339. The van der Waals surface area contributed by atoms with Gasteiger partial charge in [0.2, 0.25) is 5.91 Å². The Bertz CT molecular complexity index is 1010. The zero-order valence-electron chi connectivity index (χ0n) is 22.9. The molecule has 1 aromatic carbocycles. The third-order valence-electron chi connectivity index (χ3n) is 7.29. The molecule has 11 nitrogen and oxygen atoms in total. The molecule has 1 amide bonds. The first kappa shape index (κ1) is 30.2. The van der Waals surface area contributed by atoms with E-state index in [-0.39, 0.29) is 11.6 Å². The van der Waals surface area contributed by atoms with E-state index < -0.39 is 75.1 Å². The Balaban J connectivity index is 2.08. The number of nitrogens with one attached hydrogen (secondary N) is 1. The van der Waals surface area contributed by atoms with Gasteiger partial charge in [-0.15, -0.1) is 0 Å². The van der Waals surface area contributed by atoms with Crippen molar-refractivity contribution in [3.8, 4) is 0 Å². The fraction of sp³-hybridized carbons (Fsp3) is 0.654. The fourth-order valence-electron chi connectivity index (χ4n) is 4.38. The van der Waals surface area contributed by atoms with Crippen LogP contribution in [0.5, 0.6) is 0 Å². The maximum atomic E-state index is 12.3. The van der Waals surface area contributed by atoms with Gasteiger partial charge in [0.15, 0.2) is 20.7 Å². The van der Waals surface area contributed by atoms with Gasteiger partial charge in [0.05, 0.1) is 18.8 Å². The van der Waals surface area contributed by atoms with Gasteiger partial charge in [-0.05, 0) is 18.1 Å². The monoisotopic (exact) mass is 553 g/mol. The summed E-state index contributed by atoms with van der Waals surface area (Å²) in [7, 11) is -2.53. The van der Waals surface area contributed by atoms with Gasteiger partial charge in [-0.25, -0.2) is 4.79 Å². The summed E-state index contributed by atoms with van der Waals surface area (Å²) in [4.78, 5) is 36.5. The van der Waals surface area contributed by atoms with E-state index in [0.29, 0.717) is 5.56 Å². The lowest BCUT2D eigenvalue weighted by Crippen LogP contribution is -2.70. The lowest BCUT2D eigenvalue weighted by molar-refractivity contribution is -0.332. The summed E-state index contributed by atoms with van der Waals surface area (Å²) in [6.45, 7) is 12.5. The first-order valence-corrected chi connectivity index (χ1v) is 15.5. The highest BCUT2D eigenvalue weighted by Gasteiger charge is 2.58. The molecule has 3 N–H and O–H groups in total. The van der Waals surface area contributed by atoms with Crippen LogP contribution < -0.4 is 5.32 Å². The van der Waals surface area contributed by atoms with Crippen LogP contribution in [0.4, 0.5) is 0 Å². The molecular formula is C26H39NO10Si. The SMILES string of the molecule is CC(=O)N[C@H]1[C@H]([C@@H]2O[C@H](c3ccccc3)OC[C@H]2OC(C)=O)O[C@](O)(C(=O)O)C[C@@H]1O[Si](C)(C)C(C)(C)C. The molecule has 0 unspecified atom stereocenters. The summed E-state index contributed by atoms with van der Waals surface area (Å²) in [6.07, 6.45) is -5.68. The van der Waals surface area contributed by atoms with Gasteiger partial charge >= 0.3 is 11.9 Å². The first-order valence-electron chi connectivity index (χ1n) is 12.6. The Hall–Kier alpha value is -2.35. The van der Waals surface area contributed by atoms with E-state index >= 15 is 0 Å². The van der Waals surface area contributed by atoms with Crippen LogP contribution in [-0.2, 0) is 37.8 Å². The molecule has 0 radical (unpaired) electrons. The molecule has 3 rings (SSSR count). The zero-order chi connectivity index (χ0) is 28.5. The van der Waals surface area contributed by atoms with E-state index in [4.69, 9.17) is 23.4 Å². The normalized spacial score (nSPS) is 32.3. The van der Waals surface area contributed by atoms with Crippen molar-refractivity contribution in [2.24, 2.45) is 0 Å². The topological polar surface area (TPSA) is 150 Å². The lowest BCUT2D eigenvalue weighted by atomic mass is 9.88. The number of carbonyl (C=O) groups excluding carboxylic acids is 2. The van der Waals surface area contributed by atoms with Gasteiger partial charge in [0.1, 0.15) is 12.2 Å². The van der Waals surface area contributed by atoms with E-state index in [1.807, 2.05) is 39.9 Å². The van der Waals surface area contributed by atoms with E-state index in [1.54, 1.807) is 24.3 Å². The molecule has 212 valence electrons. The summed E-state index contributed by atoms with van der Waals surface area (Å²) in [5.74, 6) is -5.27. The van der Waals surface area contributed by atoms with Gasteiger partial charge in [-0.2, -0.15) is 0 Å². The van der Waals surface area contributed by atoms with Crippen molar-refractivity contribution in [3.63, 3.8) is 0 Å². The number of rotatable bonds is 7. The molecule has 38 heavy (non-hydrogen) atoms. The first-order chi connectivity index (χ1) is 17.5. The molecule has 0 bridgehead atoms. The second-order valence-corrected chi connectivity index (χ2v) is 16.1. The molecule has 0 spiro atoms. The van der Waals surface area contributed by atoms with Crippen LogP contribution in [0.15, 0.2) is 30.3 Å². The number of amides is 1. The van der Waals surface area contributed by atoms with Crippen molar-refractivity contribution in [3.05, 3.63) is 35.9 Å². The predicted molar refractivity (Wildman–Crippen MR) is 137 cm³/mol. The highest BCUT2D eigenvalue weighted by Crippen LogP contribution is 2.42. The number of aliphatic carboxylic acids is 1. The Morgan fingerprint density at radius 1 is 1.08 bits per heavy atom. The number of esters is 1. The summed E-state index contributed by atoms with van der Waals surface area (Å²) < 4.78 is 29.9. The van der Waals surface area contributed by atoms with Gasteiger partial charge in [0, 0.05) is 25.8 Å². The molecule has 2 aliphatic heterocycles. The molecule has 0 aromatic heterocycles. The zero-order valence-corrected chi connectivity index (χ0v) is 23.9. The number of ether oxygens (including phenoxy) is 4. The summed E-state index contributed by atoms with van der Waals surface area (Å²) in [6, 6.07) is 8.09. The van der Waals surface area contributed by atoms with Crippen LogP contribution in [0.25, 0.3) is 0 Å². The van der Waals surface area contributed by atoms with Crippen LogP contribution in [0, 0.1) is 0 Å². The molecule has 0 saturated carbocycles. The third-order valence-corrected chi connectivity index (χ3v) is 11.8. The van der Waals surface area contributed by atoms with Crippen molar-refractivity contribution in [1.82, 2.24) is 5.32 Å². The highest BCUT2D eigenvalue weighted by atomic mass is 28.4. The average molecular weight is 554 g/mol. The number of hydrogen-bond acceptors (Lipinski definition) is 9. The summed E-state index contributed by atoms with van der Waals surface area (Å²) >= 11 is 0. The minimum absolute atomic E-state index is 0.0876. The molecular weight excluding hydrogens is 514 g/mol. The van der Waals surface area contributed by atoms with Crippen LogP contribution in [0.1, 0.15) is 52.9 Å². The molecule has 0 aliphatic carbocycles. The Morgan fingerprint density at radius 3 is 2.24 bits per heavy atom. The standard InChI is InChI=1S/C26H39NO10Si/c1-15(28)27-20-18(37-38(6,7)25(3,4)5)13-26(32,24(30)31)36-22(20)21-19(34-16(2)29)14-33-23(35-21)17-11-9-8-10-12-17/h8-12,18-23,32H,13-14H2,1-7H3,(H,27,28)(H,30,31)/t18-,19+,20+,21+,22+,23+,26-/m0/s1. The molecule has 2 heterocycles. The highest BCUT2D eigenvalue weighted by molar-refractivity contribution is 6.74. The minimum Gasteiger partial charge on any atom is -0.477 e. The van der Waals surface area contributed by atoms with E-state index in [0.717, 1.165) is 0 Å². The number of aliphatic hydroxyl groups is 1. The third kappa shape index (κ3) is 6.80. The molecule has 1 aromatic rings. The van der Waals surface area contributed by atoms with Gasteiger partial charge < -0.3 is 38.9 Å². The van der Waals surface area contributed by atoms with Crippen LogP contribution in [0.2, 0.25) is 18.1 Å². The fourth-order valence-corrected chi connectivity index (χ4v) is 5.72. The second-order valence-electron chi connectivity index (χ2n) is 11.3. The minimum atomic E-state index is -2.64. The average Bonchev–Trinajstić information content (AvgIpc) is 2.80. The molecule has 2 saturated heterocycles. The summed E-state index contributed by atoms with van der Waals surface area (Å²) in [5, 5.41) is 23.6. The Morgan fingerprint density at radius 2 is 1.71 bits per heavy atom. The van der Waals surface area contributed by atoms with E-state index in [1.165, 1.54) is 13.8 Å². The van der Waals surface area contributed by atoms with Crippen molar-refractivity contribution in [2.45, 2.75) is 102 Å². The van der Waals surface area contributed by atoms with Gasteiger partial charge in [-0.3, -0.25) is 9.59 Å². The van der Waals surface area contributed by atoms with Crippen LogP contribution in [0.3, 0.4) is 0 Å². The van der Waals surface area contributed by atoms with Crippen LogP contribution >= 0.6 is 0 Å². The van der Waals surface area contributed by atoms with E-state index in [2.05, 4.69) is 5.32 Å². The smallest absolute Gasteiger partial charge is 0.364 e. The predicted octanol–water partition coefficient (Wildman–Crippen LogP) is 2.49. The largest absolute Gasteiger partial charge is 0.477 e. The van der Waals surface area contributed by atoms with Crippen molar-refractivity contribution in [1.29, 1.82) is 0 Å².